The Morgan fingerprint density at radius 3 is 2.58 bits per heavy atom. The van der Waals surface area contributed by atoms with E-state index in [1.807, 2.05) is 30.3 Å². The molecule has 0 unspecified atom stereocenters. The summed E-state index contributed by atoms with van der Waals surface area (Å²) in [6, 6.07) is 9.35. The van der Waals surface area contributed by atoms with E-state index in [2.05, 4.69) is 0 Å². The number of halogens is 1. The molecule has 0 saturated heterocycles. The van der Waals surface area contributed by atoms with Gasteiger partial charge in [0.1, 0.15) is 0 Å². The first-order valence-corrected chi connectivity index (χ1v) is 6.18. The highest BCUT2D eigenvalue weighted by atomic mass is 35.5. The van der Waals surface area contributed by atoms with Crippen molar-refractivity contribution >= 4 is 18.3 Å². The fourth-order valence-electron chi connectivity index (χ4n) is 1.79. The molecule has 0 heterocycles. The molecule has 0 bridgehead atoms. The van der Waals surface area contributed by atoms with Crippen molar-refractivity contribution in [2.45, 2.75) is 18.9 Å². The molecule has 0 radical (unpaired) electrons. The van der Waals surface area contributed by atoms with Crippen molar-refractivity contribution in [1.29, 1.82) is 0 Å². The van der Waals surface area contributed by atoms with Crippen molar-refractivity contribution in [3.63, 3.8) is 0 Å². The van der Waals surface area contributed by atoms with Gasteiger partial charge < -0.3 is 15.4 Å². The van der Waals surface area contributed by atoms with E-state index in [9.17, 15) is 4.79 Å². The van der Waals surface area contributed by atoms with Crippen LogP contribution in [0.25, 0.3) is 0 Å². The van der Waals surface area contributed by atoms with Crippen molar-refractivity contribution in [3.05, 3.63) is 35.9 Å². The Hall–Kier alpha value is -1.10. The van der Waals surface area contributed by atoms with Gasteiger partial charge >= 0.3 is 0 Å². The van der Waals surface area contributed by atoms with Gasteiger partial charge in [-0.05, 0) is 18.4 Å². The molecule has 2 N–H and O–H groups in total. The zero-order valence-corrected chi connectivity index (χ0v) is 12.4. The highest BCUT2D eigenvalue weighted by Gasteiger charge is 2.17. The first kappa shape index (κ1) is 17.9. The highest BCUT2D eigenvalue weighted by Crippen LogP contribution is 2.04. The third kappa shape index (κ3) is 6.57. The average Bonchev–Trinajstić information content (AvgIpc) is 2.39. The molecule has 1 rings (SSSR count). The Kier molecular flexibility index (Phi) is 9.21. The first-order valence-electron chi connectivity index (χ1n) is 6.18. The summed E-state index contributed by atoms with van der Waals surface area (Å²) >= 11 is 0. The molecule has 19 heavy (non-hydrogen) atoms. The van der Waals surface area contributed by atoms with Crippen LogP contribution in [0.2, 0.25) is 0 Å². The molecule has 108 valence electrons. The number of carbonyl (C=O) groups is 1. The lowest BCUT2D eigenvalue weighted by molar-refractivity contribution is -0.131. The molecule has 5 heteroatoms. The SMILES string of the molecule is COCCCN(C)C(=O)[C@@H](N)Cc1ccccc1.Cl. The summed E-state index contributed by atoms with van der Waals surface area (Å²) in [6.07, 6.45) is 1.41. The first-order chi connectivity index (χ1) is 8.65. The summed E-state index contributed by atoms with van der Waals surface area (Å²) in [6.45, 7) is 1.33. The molecule has 0 aliphatic heterocycles. The van der Waals surface area contributed by atoms with Gasteiger partial charge in [0.25, 0.3) is 0 Å². The zero-order chi connectivity index (χ0) is 13.4. The van der Waals surface area contributed by atoms with Crippen LogP contribution >= 0.6 is 12.4 Å². The summed E-state index contributed by atoms with van der Waals surface area (Å²) in [5, 5.41) is 0. The summed E-state index contributed by atoms with van der Waals surface area (Å²) in [4.78, 5) is 13.7. The minimum absolute atomic E-state index is 0. The number of nitrogens with two attached hydrogens (primary N) is 1. The molecule has 1 atom stereocenters. The molecule has 0 aliphatic rings. The Morgan fingerprint density at radius 2 is 2.00 bits per heavy atom. The van der Waals surface area contributed by atoms with Gasteiger partial charge in [-0.2, -0.15) is 0 Å². The standard InChI is InChI=1S/C14H22N2O2.ClH/c1-16(9-6-10-18-2)14(17)13(15)11-12-7-4-3-5-8-12;/h3-5,7-8,13H,6,9-11,15H2,1-2H3;1H/t13-;/m0./s1. The fraction of sp³-hybridized carbons (Fsp3) is 0.500. The summed E-state index contributed by atoms with van der Waals surface area (Å²) < 4.78 is 4.96. The van der Waals surface area contributed by atoms with E-state index in [1.54, 1.807) is 19.1 Å². The van der Waals surface area contributed by atoms with E-state index in [0.717, 1.165) is 12.0 Å². The lowest BCUT2D eigenvalue weighted by Gasteiger charge is -2.21. The molecule has 0 fully saturated rings. The minimum Gasteiger partial charge on any atom is -0.385 e. The number of amides is 1. The van der Waals surface area contributed by atoms with E-state index in [-0.39, 0.29) is 18.3 Å². The Balaban J connectivity index is 0.00000324. The summed E-state index contributed by atoms with van der Waals surface area (Å²) in [7, 11) is 3.44. The van der Waals surface area contributed by atoms with Gasteiger partial charge in [0.2, 0.25) is 5.91 Å². The third-order valence-corrected chi connectivity index (χ3v) is 2.83. The monoisotopic (exact) mass is 286 g/mol. The molecule has 0 aliphatic carbocycles. The maximum Gasteiger partial charge on any atom is 0.239 e. The van der Waals surface area contributed by atoms with Gasteiger partial charge in [-0.15, -0.1) is 12.4 Å². The van der Waals surface area contributed by atoms with Crippen molar-refractivity contribution < 1.29 is 9.53 Å². The number of likely N-dealkylation sites (N-methyl/N-ethyl adjacent to an activating group) is 1. The van der Waals surface area contributed by atoms with E-state index in [4.69, 9.17) is 10.5 Å². The van der Waals surface area contributed by atoms with Crippen molar-refractivity contribution in [2.75, 3.05) is 27.3 Å². The summed E-state index contributed by atoms with van der Waals surface area (Å²) in [5.41, 5.74) is 7.02. The lowest BCUT2D eigenvalue weighted by Crippen LogP contribution is -2.43. The maximum absolute atomic E-state index is 12.0. The molecule has 0 aromatic heterocycles. The molecular formula is C14H23ClN2O2. The molecule has 1 aromatic carbocycles. The quantitative estimate of drug-likeness (QED) is 0.773. The predicted octanol–water partition coefficient (Wildman–Crippen LogP) is 1.47. The second-order valence-corrected chi connectivity index (χ2v) is 4.40. The van der Waals surface area contributed by atoms with E-state index in [0.29, 0.717) is 19.6 Å². The highest BCUT2D eigenvalue weighted by molar-refractivity contribution is 5.85. The van der Waals surface area contributed by atoms with E-state index in [1.165, 1.54) is 0 Å². The van der Waals surface area contributed by atoms with Gasteiger partial charge in [0.15, 0.2) is 0 Å². The molecular weight excluding hydrogens is 264 g/mol. The number of nitrogens with zero attached hydrogens (tertiary/aromatic N) is 1. The molecule has 1 aromatic rings. The number of carbonyl (C=O) groups excluding carboxylic acids is 1. The number of ether oxygens (including phenoxy) is 1. The number of hydrogen-bond donors (Lipinski definition) is 1. The van der Waals surface area contributed by atoms with Gasteiger partial charge in [-0.25, -0.2) is 0 Å². The molecule has 0 saturated carbocycles. The van der Waals surface area contributed by atoms with Gasteiger partial charge in [-0.3, -0.25) is 4.79 Å². The second kappa shape index (κ2) is 9.78. The van der Waals surface area contributed by atoms with Crippen LogP contribution in [-0.2, 0) is 16.0 Å². The number of methoxy groups -OCH3 is 1. The number of hydrogen-bond acceptors (Lipinski definition) is 3. The van der Waals surface area contributed by atoms with E-state index < -0.39 is 6.04 Å². The van der Waals surface area contributed by atoms with Crippen molar-refractivity contribution in [1.82, 2.24) is 4.90 Å². The third-order valence-electron chi connectivity index (χ3n) is 2.83. The molecule has 1 amide bonds. The maximum atomic E-state index is 12.0. The van der Waals surface area contributed by atoms with Crippen LogP contribution < -0.4 is 5.73 Å². The zero-order valence-electron chi connectivity index (χ0n) is 11.5. The van der Waals surface area contributed by atoms with Crippen molar-refractivity contribution in [2.24, 2.45) is 5.73 Å². The van der Waals surface area contributed by atoms with Crippen LogP contribution in [0.5, 0.6) is 0 Å². The lowest BCUT2D eigenvalue weighted by atomic mass is 10.1. The van der Waals surface area contributed by atoms with Crippen LogP contribution in [0.4, 0.5) is 0 Å². The van der Waals surface area contributed by atoms with Crippen LogP contribution in [0.1, 0.15) is 12.0 Å². The largest absolute Gasteiger partial charge is 0.385 e. The molecule has 0 spiro atoms. The van der Waals surface area contributed by atoms with Gasteiger partial charge in [0.05, 0.1) is 6.04 Å². The van der Waals surface area contributed by atoms with Crippen LogP contribution in [-0.4, -0.2) is 44.2 Å². The van der Waals surface area contributed by atoms with Crippen LogP contribution in [0.15, 0.2) is 30.3 Å². The van der Waals surface area contributed by atoms with E-state index >= 15 is 0 Å². The minimum atomic E-state index is -0.472. The Labute approximate surface area is 121 Å². The number of benzene rings is 1. The van der Waals surface area contributed by atoms with Gasteiger partial charge in [0, 0.05) is 27.3 Å². The molecule has 4 nitrogen and oxygen atoms in total. The van der Waals surface area contributed by atoms with Crippen LogP contribution in [0, 0.1) is 0 Å². The number of rotatable bonds is 7. The average molecular weight is 287 g/mol. The van der Waals surface area contributed by atoms with Gasteiger partial charge in [-0.1, -0.05) is 30.3 Å². The second-order valence-electron chi connectivity index (χ2n) is 4.40. The smallest absolute Gasteiger partial charge is 0.239 e. The Bertz CT molecular complexity index is 360. The van der Waals surface area contributed by atoms with Crippen molar-refractivity contribution in [3.8, 4) is 0 Å². The summed E-state index contributed by atoms with van der Waals surface area (Å²) in [5.74, 6) is -0.0186. The normalized spacial score (nSPS) is 11.5. The Morgan fingerprint density at radius 1 is 1.37 bits per heavy atom. The topological polar surface area (TPSA) is 55.6 Å². The van der Waals surface area contributed by atoms with Crippen LogP contribution in [0.3, 0.4) is 0 Å². The predicted molar refractivity (Wildman–Crippen MR) is 79.5 cm³/mol. The fourth-order valence-corrected chi connectivity index (χ4v) is 1.79.